The molecule has 2 aromatic carbocycles. The van der Waals surface area contributed by atoms with Crippen LogP contribution in [0.3, 0.4) is 0 Å². The third-order valence-electron chi connectivity index (χ3n) is 7.91. The number of ether oxygens (including phenoxy) is 1. The molecule has 1 aliphatic rings. The summed E-state index contributed by atoms with van der Waals surface area (Å²) in [5, 5.41) is 8.94. The summed E-state index contributed by atoms with van der Waals surface area (Å²) in [5.41, 5.74) is 1.96. The molecule has 1 saturated heterocycles. The van der Waals surface area contributed by atoms with Gasteiger partial charge in [-0.25, -0.2) is 9.78 Å². The second kappa shape index (κ2) is 17.8. The fourth-order valence-electron chi connectivity index (χ4n) is 5.41. The number of nitrogens with zero attached hydrogens (tertiary/aromatic N) is 3. The molecule has 10 nitrogen and oxygen atoms in total. The van der Waals surface area contributed by atoms with E-state index in [4.69, 9.17) is 4.74 Å². The maximum Gasteiger partial charge on any atom is 0.318 e. The van der Waals surface area contributed by atoms with Crippen LogP contribution in [0.25, 0.3) is 0 Å². The van der Waals surface area contributed by atoms with Crippen molar-refractivity contribution in [1.29, 1.82) is 0 Å². The molecule has 1 aromatic heterocycles. The number of benzene rings is 2. The first-order valence-corrected chi connectivity index (χ1v) is 16.2. The molecule has 0 aliphatic carbocycles. The number of aromatic nitrogens is 2. The Morgan fingerprint density at radius 3 is 2.27 bits per heavy atom. The van der Waals surface area contributed by atoms with Crippen LogP contribution in [-0.2, 0) is 29.2 Å². The van der Waals surface area contributed by atoms with Gasteiger partial charge in [-0.05, 0) is 54.9 Å². The number of urea groups is 1. The molecular weight excluding hydrogens is 568 g/mol. The SMILES string of the molecule is CC(C)C[C@H](NC(=O)N1CCCCCC1)C(=O)N[C@@H](Cc1ccc(OCc2ccccc2)cc1)C(=O)NCCCn1ccnc1. The Balaban J connectivity index is 1.40. The lowest BCUT2D eigenvalue weighted by atomic mass is 10.0. The van der Waals surface area contributed by atoms with E-state index in [2.05, 4.69) is 20.9 Å². The van der Waals surface area contributed by atoms with Crippen molar-refractivity contribution in [2.45, 2.75) is 84.0 Å². The largest absolute Gasteiger partial charge is 0.489 e. The minimum Gasteiger partial charge on any atom is -0.489 e. The predicted molar refractivity (Wildman–Crippen MR) is 175 cm³/mol. The molecule has 4 rings (SSSR count). The highest BCUT2D eigenvalue weighted by Gasteiger charge is 2.29. The highest BCUT2D eigenvalue weighted by molar-refractivity contribution is 5.92. The number of hydrogen-bond acceptors (Lipinski definition) is 5. The van der Waals surface area contributed by atoms with E-state index >= 15 is 0 Å². The highest BCUT2D eigenvalue weighted by Crippen LogP contribution is 2.16. The van der Waals surface area contributed by atoms with Gasteiger partial charge in [-0.2, -0.15) is 0 Å². The van der Waals surface area contributed by atoms with Crippen LogP contribution in [0, 0.1) is 5.92 Å². The Morgan fingerprint density at radius 1 is 0.867 bits per heavy atom. The Bertz CT molecular complexity index is 1310. The minimum absolute atomic E-state index is 0.170. The van der Waals surface area contributed by atoms with Gasteiger partial charge in [0.15, 0.2) is 0 Å². The van der Waals surface area contributed by atoms with Crippen LogP contribution in [0.15, 0.2) is 73.3 Å². The number of carbonyl (C=O) groups excluding carboxylic acids is 3. The number of likely N-dealkylation sites (tertiary alicyclic amines) is 1. The Labute approximate surface area is 266 Å². The van der Waals surface area contributed by atoms with Crippen molar-refractivity contribution in [2.24, 2.45) is 5.92 Å². The number of hydrogen-bond donors (Lipinski definition) is 3. The average Bonchev–Trinajstić information content (AvgIpc) is 3.41. The molecule has 2 heterocycles. The van der Waals surface area contributed by atoms with Gasteiger partial charge in [0.05, 0.1) is 6.33 Å². The molecular formula is C35H48N6O4. The molecule has 10 heteroatoms. The van der Waals surface area contributed by atoms with Crippen LogP contribution in [0.2, 0.25) is 0 Å². The van der Waals surface area contributed by atoms with Gasteiger partial charge < -0.3 is 30.2 Å². The van der Waals surface area contributed by atoms with Crippen molar-refractivity contribution in [3.63, 3.8) is 0 Å². The number of nitrogens with one attached hydrogen (secondary N) is 3. The summed E-state index contributed by atoms with van der Waals surface area (Å²) >= 11 is 0. The summed E-state index contributed by atoms with van der Waals surface area (Å²) in [7, 11) is 0. The molecule has 1 aliphatic heterocycles. The molecule has 242 valence electrons. The molecule has 1 fully saturated rings. The number of imidazole rings is 1. The molecule has 45 heavy (non-hydrogen) atoms. The molecule has 2 atom stereocenters. The lowest BCUT2D eigenvalue weighted by molar-refractivity contribution is -0.130. The molecule has 0 bridgehead atoms. The zero-order valence-corrected chi connectivity index (χ0v) is 26.6. The zero-order chi connectivity index (χ0) is 31.9. The van der Waals surface area contributed by atoms with Crippen molar-refractivity contribution in [1.82, 2.24) is 30.4 Å². The summed E-state index contributed by atoms with van der Waals surface area (Å²) in [6, 6.07) is 15.8. The Kier molecular flexibility index (Phi) is 13.3. The number of carbonyl (C=O) groups is 3. The Morgan fingerprint density at radius 2 is 1.60 bits per heavy atom. The van der Waals surface area contributed by atoms with Crippen LogP contribution in [0.1, 0.15) is 63.5 Å². The van der Waals surface area contributed by atoms with E-state index in [-0.39, 0.29) is 23.8 Å². The topological polar surface area (TPSA) is 118 Å². The molecule has 0 radical (unpaired) electrons. The molecule has 3 aromatic rings. The fraction of sp³-hybridized carbons (Fsp3) is 0.486. The second-order valence-corrected chi connectivity index (χ2v) is 12.2. The van der Waals surface area contributed by atoms with E-state index < -0.39 is 12.1 Å². The third-order valence-corrected chi connectivity index (χ3v) is 7.91. The quantitative estimate of drug-likeness (QED) is 0.214. The van der Waals surface area contributed by atoms with Crippen molar-refractivity contribution in [3.05, 3.63) is 84.4 Å². The van der Waals surface area contributed by atoms with E-state index in [1.54, 1.807) is 17.4 Å². The predicted octanol–water partition coefficient (Wildman–Crippen LogP) is 4.70. The van der Waals surface area contributed by atoms with Gasteiger partial charge in [-0.3, -0.25) is 9.59 Å². The first-order chi connectivity index (χ1) is 21.9. The van der Waals surface area contributed by atoms with Crippen molar-refractivity contribution in [2.75, 3.05) is 19.6 Å². The number of amides is 4. The van der Waals surface area contributed by atoms with Gasteiger partial charge in [0.1, 0.15) is 24.4 Å². The van der Waals surface area contributed by atoms with Gasteiger partial charge >= 0.3 is 6.03 Å². The summed E-state index contributed by atoms with van der Waals surface area (Å²) in [6.07, 6.45) is 11.0. The first-order valence-electron chi connectivity index (χ1n) is 16.2. The fourth-order valence-corrected chi connectivity index (χ4v) is 5.41. The molecule has 0 unspecified atom stereocenters. The smallest absolute Gasteiger partial charge is 0.318 e. The lowest BCUT2D eigenvalue weighted by Gasteiger charge is -2.27. The monoisotopic (exact) mass is 616 g/mol. The number of rotatable bonds is 15. The molecule has 0 spiro atoms. The maximum atomic E-state index is 13.7. The van der Waals surface area contributed by atoms with Crippen LogP contribution in [0.5, 0.6) is 5.75 Å². The van der Waals surface area contributed by atoms with Gasteiger partial charge in [-0.1, -0.05) is 69.2 Å². The lowest BCUT2D eigenvalue weighted by Crippen LogP contribution is -2.56. The minimum atomic E-state index is -0.813. The standard InChI is InChI=1S/C35H48N6O4/c1-27(2)23-31(39-35(44)41-20-8-3-4-9-21-41)34(43)38-32(33(42)37-17-10-19-40-22-18-36-26-40)24-28-13-15-30(16-14-28)45-25-29-11-6-5-7-12-29/h5-7,11-16,18,22,26-27,31-32H,3-4,8-10,17,19-21,23-25H2,1-2H3,(H,37,42)(H,38,43)(H,39,44)/t31-,32-/m0/s1. The third kappa shape index (κ3) is 11.6. The molecule has 4 amide bonds. The summed E-state index contributed by atoms with van der Waals surface area (Å²) in [4.78, 5) is 46.1. The van der Waals surface area contributed by atoms with Gasteiger partial charge in [0, 0.05) is 45.0 Å². The van der Waals surface area contributed by atoms with E-state index in [1.807, 2.05) is 79.2 Å². The van der Waals surface area contributed by atoms with E-state index in [0.29, 0.717) is 39.1 Å². The van der Waals surface area contributed by atoms with Crippen molar-refractivity contribution >= 4 is 17.8 Å². The second-order valence-electron chi connectivity index (χ2n) is 12.2. The van der Waals surface area contributed by atoms with Crippen LogP contribution in [-0.4, -0.2) is 64.0 Å². The van der Waals surface area contributed by atoms with E-state index in [0.717, 1.165) is 55.5 Å². The zero-order valence-electron chi connectivity index (χ0n) is 26.6. The van der Waals surface area contributed by atoms with Gasteiger partial charge in [-0.15, -0.1) is 0 Å². The average molecular weight is 617 g/mol. The van der Waals surface area contributed by atoms with Crippen LogP contribution < -0.4 is 20.7 Å². The van der Waals surface area contributed by atoms with Crippen LogP contribution >= 0.6 is 0 Å². The van der Waals surface area contributed by atoms with E-state index in [1.165, 1.54) is 0 Å². The summed E-state index contributed by atoms with van der Waals surface area (Å²) in [5.74, 6) is 0.276. The number of aryl methyl sites for hydroxylation is 1. The van der Waals surface area contributed by atoms with Crippen molar-refractivity contribution in [3.8, 4) is 5.75 Å². The molecule has 3 N–H and O–H groups in total. The normalized spacial score (nSPS) is 14.7. The maximum absolute atomic E-state index is 13.7. The van der Waals surface area contributed by atoms with Gasteiger partial charge in [0.25, 0.3) is 0 Å². The van der Waals surface area contributed by atoms with E-state index in [9.17, 15) is 14.4 Å². The summed E-state index contributed by atoms with van der Waals surface area (Å²) in [6.45, 7) is 7.06. The Hall–Kier alpha value is -4.34. The van der Waals surface area contributed by atoms with Crippen LogP contribution in [0.4, 0.5) is 4.79 Å². The summed E-state index contributed by atoms with van der Waals surface area (Å²) < 4.78 is 7.88. The highest BCUT2D eigenvalue weighted by atomic mass is 16.5. The van der Waals surface area contributed by atoms with Crippen molar-refractivity contribution < 1.29 is 19.1 Å². The first kappa shape index (κ1) is 33.6. The van der Waals surface area contributed by atoms with Gasteiger partial charge in [0.2, 0.25) is 11.8 Å². The molecule has 0 saturated carbocycles.